The highest BCUT2D eigenvalue weighted by molar-refractivity contribution is 5.71. The number of ether oxygens (including phenoxy) is 4. The molecule has 0 aromatic rings. The predicted molar refractivity (Wildman–Crippen MR) is 54.9 cm³/mol. The first-order valence-corrected chi connectivity index (χ1v) is 6.37. The molecule has 3 heterocycles. The minimum atomic E-state index is -0.554. The molecule has 2 bridgehead atoms. The van der Waals surface area contributed by atoms with Gasteiger partial charge >= 0.3 is 5.97 Å². The molecule has 4 atom stereocenters. The normalized spacial score (nSPS) is 52.6. The number of carbonyl (C=O) groups is 1. The zero-order chi connectivity index (χ0) is 11.5. The van der Waals surface area contributed by atoms with Gasteiger partial charge in [0.1, 0.15) is 17.8 Å². The van der Waals surface area contributed by atoms with Crippen LogP contribution in [0.5, 0.6) is 0 Å². The summed E-state index contributed by atoms with van der Waals surface area (Å²) in [5.74, 6) is 0.118. The summed E-state index contributed by atoms with van der Waals surface area (Å²) in [6.45, 7) is 0.449. The molecule has 1 saturated carbocycles. The van der Waals surface area contributed by atoms with Gasteiger partial charge in [0.25, 0.3) is 6.48 Å². The molecule has 3 aliphatic heterocycles. The van der Waals surface area contributed by atoms with E-state index in [9.17, 15) is 4.79 Å². The Kier molecular flexibility index (Phi) is 1.95. The first-order valence-electron chi connectivity index (χ1n) is 6.37. The first kappa shape index (κ1) is 10.3. The molecule has 0 N–H and O–H groups in total. The average molecular weight is 240 g/mol. The van der Waals surface area contributed by atoms with Crippen molar-refractivity contribution in [3.05, 3.63) is 0 Å². The van der Waals surface area contributed by atoms with E-state index in [1.165, 1.54) is 0 Å². The molecule has 0 aromatic carbocycles. The predicted octanol–water partition coefficient (Wildman–Crippen LogP) is 0.962. The second-order valence-corrected chi connectivity index (χ2v) is 5.48. The number of hydrogen-bond donors (Lipinski definition) is 0. The highest BCUT2D eigenvalue weighted by Gasteiger charge is 2.69. The molecular weight excluding hydrogens is 224 g/mol. The topological polar surface area (TPSA) is 54.0 Å². The molecule has 17 heavy (non-hydrogen) atoms. The largest absolute Gasteiger partial charge is 0.462 e. The fraction of sp³-hybridized carbons (Fsp3) is 0.917. The Balaban J connectivity index is 1.77. The summed E-state index contributed by atoms with van der Waals surface area (Å²) in [4.78, 5) is 11.4. The Bertz CT molecular complexity index is 366. The van der Waals surface area contributed by atoms with E-state index in [0.29, 0.717) is 19.6 Å². The van der Waals surface area contributed by atoms with Crippen molar-refractivity contribution in [2.75, 3.05) is 13.2 Å². The van der Waals surface area contributed by atoms with Gasteiger partial charge in [-0.25, -0.2) is 0 Å². The van der Waals surface area contributed by atoms with Crippen LogP contribution in [0.3, 0.4) is 0 Å². The van der Waals surface area contributed by atoms with Crippen LogP contribution in [0, 0.1) is 5.92 Å². The van der Waals surface area contributed by atoms with Gasteiger partial charge < -0.3 is 18.9 Å². The van der Waals surface area contributed by atoms with Crippen molar-refractivity contribution in [3.63, 3.8) is 0 Å². The molecule has 4 aliphatic rings. The lowest BCUT2D eigenvalue weighted by Crippen LogP contribution is -2.64. The lowest BCUT2D eigenvalue weighted by molar-refractivity contribution is -0.282. The molecule has 94 valence electrons. The van der Waals surface area contributed by atoms with Gasteiger partial charge in [-0.05, 0) is 12.8 Å². The zero-order valence-corrected chi connectivity index (χ0v) is 9.65. The minimum absolute atomic E-state index is 0.108. The molecule has 0 aromatic heterocycles. The van der Waals surface area contributed by atoms with E-state index in [-0.39, 0.29) is 17.5 Å². The average Bonchev–Trinajstić information content (AvgIpc) is 2.54. The smallest absolute Gasteiger partial charge is 0.306 e. The van der Waals surface area contributed by atoms with Crippen molar-refractivity contribution in [3.8, 4) is 0 Å². The third-order valence-electron chi connectivity index (χ3n) is 4.81. The summed E-state index contributed by atoms with van der Waals surface area (Å²) in [5.41, 5.74) is -0.722. The Labute approximate surface area is 99.3 Å². The zero-order valence-electron chi connectivity index (χ0n) is 9.65. The van der Waals surface area contributed by atoms with E-state index in [2.05, 4.69) is 0 Å². The third kappa shape index (κ3) is 1.17. The molecule has 0 amide bonds. The first-order chi connectivity index (χ1) is 8.24. The molecular formula is C12H16O5. The monoisotopic (exact) mass is 240 g/mol. The molecule has 4 unspecified atom stereocenters. The molecule has 4 rings (SSSR count). The van der Waals surface area contributed by atoms with Gasteiger partial charge in [0.2, 0.25) is 0 Å². The molecule has 4 fully saturated rings. The van der Waals surface area contributed by atoms with Gasteiger partial charge in [0, 0.05) is 12.3 Å². The van der Waals surface area contributed by atoms with Crippen LogP contribution in [0.2, 0.25) is 0 Å². The van der Waals surface area contributed by atoms with Crippen molar-refractivity contribution in [2.45, 2.75) is 49.8 Å². The highest BCUT2D eigenvalue weighted by Crippen LogP contribution is 2.57. The van der Waals surface area contributed by atoms with E-state index < -0.39 is 12.1 Å². The third-order valence-corrected chi connectivity index (χ3v) is 4.81. The van der Waals surface area contributed by atoms with E-state index in [1.807, 2.05) is 0 Å². The summed E-state index contributed by atoms with van der Waals surface area (Å²) in [6.07, 6.45) is 4.40. The SMILES string of the molecule is O=C1CC2CCCC34CCOC(O3)OC24CO1. The second kappa shape index (κ2) is 3.22. The van der Waals surface area contributed by atoms with Crippen LogP contribution >= 0.6 is 0 Å². The van der Waals surface area contributed by atoms with Gasteiger partial charge in [-0.15, -0.1) is 0 Å². The number of rotatable bonds is 0. The van der Waals surface area contributed by atoms with Crippen LogP contribution in [-0.4, -0.2) is 36.9 Å². The van der Waals surface area contributed by atoms with Gasteiger partial charge in [-0.1, -0.05) is 6.42 Å². The minimum Gasteiger partial charge on any atom is -0.462 e. The van der Waals surface area contributed by atoms with Crippen LogP contribution in [0.25, 0.3) is 0 Å². The van der Waals surface area contributed by atoms with Crippen LogP contribution < -0.4 is 0 Å². The quantitative estimate of drug-likeness (QED) is 0.590. The summed E-state index contributed by atoms with van der Waals surface area (Å²) >= 11 is 0. The maximum absolute atomic E-state index is 11.4. The lowest BCUT2D eigenvalue weighted by Gasteiger charge is -2.51. The van der Waals surface area contributed by atoms with Gasteiger partial charge in [0.15, 0.2) is 0 Å². The Morgan fingerprint density at radius 1 is 1.24 bits per heavy atom. The number of hydrogen-bond acceptors (Lipinski definition) is 5. The van der Waals surface area contributed by atoms with Crippen molar-refractivity contribution in [1.82, 2.24) is 0 Å². The molecule has 2 spiro atoms. The van der Waals surface area contributed by atoms with Crippen LogP contribution in [0.1, 0.15) is 32.1 Å². The maximum atomic E-state index is 11.4. The molecule has 3 saturated heterocycles. The molecule has 5 nitrogen and oxygen atoms in total. The van der Waals surface area contributed by atoms with Gasteiger partial charge in [-0.3, -0.25) is 4.79 Å². The van der Waals surface area contributed by atoms with Crippen molar-refractivity contribution in [1.29, 1.82) is 0 Å². The van der Waals surface area contributed by atoms with Gasteiger partial charge in [0.05, 0.1) is 13.0 Å². The number of cyclic esters (lactones) is 1. The van der Waals surface area contributed by atoms with E-state index in [4.69, 9.17) is 18.9 Å². The summed E-state index contributed by atoms with van der Waals surface area (Å²) < 4.78 is 22.6. The molecule has 0 radical (unpaired) electrons. The van der Waals surface area contributed by atoms with Gasteiger partial charge in [-0.2, -0.15) is 0 Å². The van der Waals surface area contributed by atoms with Crippen LogP contribution in [0.4, 0.5) is 0 Å². The fourth-order valence-electron chi connectivity index (χ4n) is 3.97. The summed E-state index contributed by atoms with van der Waals surface area (Å²) in [6, 6.07) is 0. The van der Waals surface area contributed by atoms with E-state index in [0.717, 1.165) is 25.7 Å². The Morgan fingerprint density at radius 3 is 3.12 bits per heavy atom. The Hall–Kier alpha value is -0.650. The standard InChI is InChI=1S/C12H16O5/c13-9-6-8-2-1-3-11-4-5-14-10(16-11)17-12(8,11)7-15-9/h8,10H,1-7H2. The van der Waals surface area contributed by atoms with Crippen LogP contribution in [0.15, 0.2) is 0 Å². The maximum Gasteiger partial charge on any atom is 0.306 e. The summed E-state index contributed by atoms with van der Waals surface area (Å²) in [5, 5.41) is 0. The summed E-state index contributed by atoms with van der Waals surface area (Å²) in [7, 11) is 0. The number of esters is 1. The van der Waals surface area contributed by atoms with E-state index >= 15 is 0 Å². The molecule has 5 heteroatoms. The van der Waals surface area contributed by atoms with Crippen LogP contribution in [-0.2, 0) is 23.7 Å². The Morgan fingerprint density at radius 2 is 2.18 bits per heavy atom. The number of fused-ring (bicyclic) bond motifs is 1. The number of carbonyl (C=O) groups excluding carboxylic acids is 1. The fourth-order valence-corrected chi connectivity index (χ4v) is 3.97. The van der Waals surface area contributed by atoms with E-state index in [1.54, 1.807) is 0 Å². The lowest BCUT2D eigenvalue weighted by atomic mass is 9.62. The van der Waals surface area contributed by atoms with Crippen molar-refractivity contribution >= 4 is 5.97 Å². The van der Waals surface area contributed by atoms with Crippen molar-refractivity contribution < 1.29 is 23.7 Å². The highest BCUT2D eigenvalue weighted by atomic mass is 16.9. The molecule has 1 aliphatic carbocycles. The van der Waals surface area contributed by atoms with Crippen molar-refractivity contribution in [2.24, 2.45) is 5.92 Å². The second-order valence-electron chi connectivity index (χ2n) is 5.48.